The minimum absolute atomic E-state index is 0.169. The number of carboxylic acids is 1. The number of aromatic carboxylic acids is 1. The van der Waals surface area contributed by atoms with E-state index in [4.69, 9.17) is 9.84 Å². The molecule has 0 bridgehead atoms. The molecule has 1 aromatic carbocycles. The first-order chi connectivity index (χ1) is 8.00. The molecule has 1 aliphatic heterocycles. The normalized spacial score (nSPS) is 23.6. The van der Waals surface area contributed by atoms with E-state index in [1.54, 1.807) is 6.07 Å². The zero-order valence-corrected chi connectivity index (χ0v) is 10.1. The quantitative estimate of drug-likeness (QED) is 0.843. The molecular formula is C13H17NO3. The maximum atomic E-state index is 11.1. The first-order valence-corrected chi connectivity index (χ1v) is 5.70. The standard InChI is InChI=1S/C13H17NO3/c1-9-3-4-10(12(15)16)11(7-9)14-13(2)5-6-17-8-13/h3-4,7,14H,5-6,8H2,1-2H3,(H,15,16). The van der Waals surface area contributed by atoms with Crippen LogP contribution in [0.2, 0.25) is 0 Å². The van der Waals surface area contributed by atoms with Crippen LogP contribution in [-0.2, 0) is 4.74 Å². The SMILES string of the molecule is Cc1ccc(C(=O)O)c(NC2(C)CCOC2)c1. The Morgan fingerprint density at radius 1 is 1.53 bits per heavy atom. The van der Waals surface area contributed by atoms with Gasteiger partial charge < -0.3 is 15.2 Å². The van der Waals surface area contributed by atoms with E-state index in [9.17, 15) is 4.79 Å². The minimum Gasteiger partial charge on any atom is -0.478 e. The molecule has 4 nitrogen and oxygen atoms in total. The lowest BCUT2D eigenvalue weighted by molar-refractivity contribution is 0.0698. The zero-order chi connectivity index (χ0) is 12.5. The third-order valence-electron chi connectivity index (χ3n) is 3.06. The van der Waals surface area contributed by atoms with Gasteiger partial charge >= 0.3 is 5.97 Å². The molecule has 0 radical (unpaired) electrons. The number of carboxylic acid groups (broad SMARTS) is 1. The third kappa shape index (κ3) is 2.58. The number of ether oxygens (including phenoxy) is 1. The Morgan fingerprint density at radius 2 is 2.29 bits per heavy atom. The maximum Gasteiger partial charge on any atom is 0.337 e. The van der Waals surface area contributed by atoms with E-state index < -0.39 is 5.97 Å². The Hall–Kier alpha value is -1.55. The highest BCUT2D eigenvalue weighted by Gasteiger charge is 2.30. The van der Waals surface area contributed by atoms with Gasteiger partial charge in [0.15, 0.2) is 0 Å². The molecular weight excluding hydrogens is 218 g/mol. The highest BCUT2D eigenvalue weighted by Crippen LogP contribution is 2.27. The average Bonchev–Trinajstić information content (AvgIpc) is 2.64. The van der Waals surface area contributed by atoms with Crippen molar-refractivity contribution in [2.24, 2.45) is 0 Å². The van der Waals surface area contributed by atoms with Gasteiger partial charge in [0.2, 0.25) is 0 Å². The lowest BCUT2D eigenvalue weighted by Gasteiger charge is -2.26. The van der Waals surface area contributed by atoms with E-state index >= 15 is 0 Å². The first-order valence-electron chi connectivity index (χ1n) is 5.70. The van der Waals surface area contributed by atoms with Gasteiger partial charge in [-0.25, -0.2) is 4.79 Å². The van der Waals surface area contributed by atoms with Crippen molar-refractivity contribution in [3.8, 4) is 0 Å². The van der Waals surface area contributed by atoms with Crippen LogP contribution in [0.3, 0.4) is 0 Å². The van der Waals surface area contributed by atoms with Crippen LogP contribution in [0.5, 0.6) is 0 Å². The second kappa shape index (κ2) is 4.37. The molecule has 1 fully saturated rings. The van der Waals surface area contributed by atoms with Crippen LogP contribution < -0.4 is 5.32 Å². The molecule has 1 heterocycles. The molecule has 4 heteroatoms. The number of nitrogens with one attached hydrogen (secondary N) is 1. The van der Waals surface area contributed by atoms with E-state index in [0.717, 1.165) is 18.6 Å². The molecule has 0 aromatic heterocycles. The summed E-state index contributed by atoms with van der Waals surface area (Å²) in [5.74, 6) is -0.907. The Kier molecular flexibility index (Phi) is 3.07. The van der Waals surface area contributed by atoms with Crippen molar-refractivity contribution in [3.05, 3.63) is 29.3 Å². The van der Waals surface area contributed by atoms with Crippen molar-refractivity contribution < 1.29 is 14.6 Å². The molecule has 2 rings (SSSR count). The lowest BCUT2D eigenvalue weighted by Crippen LogP contribution is -2.35. The number of hydrogen-bond acceptors (Lipinski definition) is 3. The van der Waals surface area contributed by atoms with E-state index in [1.165, 1.54) is 0 Å². The van der Waals surface area contributed by atoms with Gasteiger partial charge in [-0.15, -0.1) is 0 Å². The Balaban J connectivity index is 2.30. The monoisotopic (exact) mass is 235 g/mol. The van der Waals surface area contributed by atoms with Gasteiger partial charge in [0.05, 0.1) is 17.7 Å². The molecule has 0 spiro atoms. The molecule has 2 N–H and O–H groups in total. The molecule has 17 heavy (non-hydrogen) atoms. The number of aryl methyl sites for hydroxylation is 1. The number of benzene rings is 1. The summed E-state index contributed by atoms with van der Waals surface area (Å²) in [4.78, 5) is 11.1. The van der Waals surface area contributed by atoms with Crippen LogP contribution in [0.25, 0.3) is 0 Å². The molecule has 1 atom stereocenters. The second-order valence-corrected chi connectivity index (χ2v) is 4.84. The van der Waals surface area contributed by atoms with E-state index in [1.807, 2.05) is 26.0 Å². The van der Waals surface area contributed by atoms with Gasteiger partial charge in [-0.2, -0.15) is 0 Å². The third-order valence-corrected chi connectivity index (χ3v) is 3.06. The van der Waals surface area contributed by atoms with Crippen LogP contribution in [0.4, 0.5) is 5.69 Å². The minimum atomic E-state index is -0.907. The summed E-state index contributed by atoms with van der Waals surface area (Å²) in [6, 6.07) is 5.31. The van der Waals surface area contributed by atoms with Crippen molar-refractivity contribution in [2.45, 2.75) is 25.8 Å². The molecule has 1 unspecified atom stereocenters. The van der Waals surface area contributed by atoms with Gasteiger partial charge in [-0.3, -0.25) is 0 Å². The fourth-order valence-electron chi connectivity index (χ4n) is 2.04. The summed E-state index contributed by atoms with van der Waals surface area (Å²) >= 11 is 0. The number of rotatable bonds is 3. The van der Waals surface area contributed by atoms with Crippen molar-refractivity contribution in [1.82, 2.24) is 0 Å². The molecule has 0 amide bonds. The van der Waals surface area contributed by atoms with Crippen LogP contribution >= 0.6 is 0 Å². The van der Waals surface area contributed by atoms with Gasteiger partial charge in [0.25, 0.3) is 0 Å². The fourth-order valence-corrected chi connectivity index (χ4v) is 2.04. The summed E-state index contributed by atoms with van der Waals surface area (Å²) in [7, 11) is 0. The molecule has 1 saturated heterocycles. The molecule has 92 valence electrons. The Bertz CT molecular complexity index is 436. The van der Waals surface area contributed by atoms with Crippen molar-refractivity contribution >= 4 is 11.7 Å². The van der Waals surface area contributed by atoms with Crippen LogP contribution in [0.1, 0.15) is 29.3 Å². The molecule has 0 saturated carbocycles. The smallest absolute Gasteiger partial charge is 0.337 e. The largest absolute Gasteiger partial charge is 0.478 e. The Labute approximate surface area is 101 Å². The van der Waals surface area contributed by atoms with Gasteiger partial charge in [-0.1, -0.05) is 6.07 Å². The average molecular weight is 235 g/mol. The van der Waals surface area contributed by atoms with Gasteiger partial charge in [0.1, 0.15) is 0 Å². The number of carbonyl (C=O) groups is 1. The molecule has 1 aliphatic rings. The van der Waals surface area contributed by atoms with Crippen molar-refractivity contribution in [3.63, 3.8) is 0 Å². The summed E-state index contributed by atoms with van der Waals surface area (Å²) < 4.78 is 5.35. The summed E-state index contributed by atoms with van der Waals surface area (Å²) in [6.07, 6.45) is 0.889. The molecule has 1 aromatic rings. The van der Waals surface area contributed by atoms with Crippen LogP contribution in [-0.4, -0.2) is 29.8 Å². The summed E-state index contributed by atoms with van der Waals surface area (Å²) in [6.45, 7) is 5.33. The predicted molar refractivity (Wildman–Crippen MR) is 65.6 cm³/mol. The van der Waals surface area contributed by atoms with E-state index in [0.29, 0.717) is 17.9 Å². The van der Waals surface area contributed by atoms with Crippen LogP contribution in [0.15, 0.2) is 18.2 Å². The Morgan fingerprint density at radius 3 is 2.88 bits per heavy atom. The summed E-state index contributed by atoms with van der Waals surface area (Å²) in [5.41, 5.74) is 1.85. The number of hydrogen-bond donors (Lipinski definition) is 2. The highest BCUT2D eigenvalue weighted by molar-refractivity contribution is 5.94. The highest BCUT2D eigenvalue weighted by atomic mass is 16.5. The molecule has 0 aliphatic carbocycles. The predicted octanol–water partition coefficient (Wildman–Crippen LogP) is 2.28. The maximum absolute atomic E-state index is 11.1. The number of anilines is 1. The topological polar surface area (TPSA) is 58.6 Å². The van der Waals surface area contributed by atoms with Gasteiger partial charge in [0, 0.05) is 12.3 Å². The second-order valence-electron chi connectivity index (χ2n) is 4.84. The first kappa shape index (κ1) is 11.9. The zero-order valence-electron chi connectivity index (χ0n) is 10.1. The lowest BCUT2D eigenvalue weighted by atomic mass is 9.99. The van der Waals surface area contributed by atoms with Crippen molar-refractivity contribution in [1.29, 1.82) is 0 Å². The summed E-state index contributed by atoms with van der Waals surface area (Å²) in [5, 5.41) is 12.4. The van der Waals surface area contributed by atoms with E-state index in [2.05, 4.69) is 5.32 Å². The van der Waals surface area contributed by atoms with Crippen molar-refractivity contribution in [2.75, 3.05) is 18.5 Å². The van der Waals surface area contributed by atoms with E-state index in [-0.39, 0.29) is 5.54 Å². The van der Waals surface area contributed by atoms with Gasteiger partial charge in [-0.05, 0) is 38.0 Å². The van der Waals surface area contributed by atoms with Crippen LogP contribution in [0, 0.1) is 6.92 Å². The fraction of sp³-hybridized carbons (Fsp3) is 0.462.